The molecule has 196 valence electrons. The largest absolute Gasteiger partial charge is 0.461 e. The lowest BCUT2D eigenvalue weighted by Gasteiger charge is -2.39. The summed E-state index contributed by atoms with van der Waals surface area (Å²) >= 11 is 0. The molecule has 0 radical (unpaired) electrons. The van der Waals surface area contributed by atoms with E-state index in [4.69, 9.17) is 4.74 Å². The molecule has 0 spiro atoms. The van der Waals surface area contributed by atoms with Crippen LogP contribution in [0.2, 0.25) is 0 Å². The maximum absolute atomic E-state index is 13.5. The molecule has 4 amide bonds. The molecule has 0 aromatic heterocycles. The van der Waals surface area contributed by atoms with Gasteiger partial charge in [0.1, 0.15) is 30.3 Å². The number of hydrogen-bond acceptors (Lipinski definition) is 6. The van der Waals surface area contributed by atoms with Crippen molar-refractivity contribution in [1.29, 1.82) is 0 Å². The normalized spacial score (nSPS) is 33.9. The van der Waals surface area contributed by atoms with Crippen LogP contribution in [0.5, 0.6) is 0 Å². The Morgan fingerprint density at radius 3 is 2.34 bits per heavy atom. The van der Waals surface area contributed by atoms with Crippen LogP contribution >= 0.6 is 0 Å². The number of nitrogens with zero attached hydrogens (tertiary/aromatic N) is 3. The Balaban J connectivity index is 1.95. The Kier molecular flexibility index (Phi) is 8.77. The summed E-state index contributed by atoms with van der Waals surface area (Å²) in [6, 6.07) is -3.04. The van der Waals surface area contributed by atoms with Gasteiger partial charge in [-0.25, -0.2) is 4.79 Å². The summed E-state index contributed by atoms with van der Waals surface area (Å²) in [5.41, 5.74) is 0. The van der Waals surface area contributed by atoms with Crippen molar-refractivity contribution in [3.63, 3.8) is 0 Å². The predicted octanol–water partition coefficient (Wildman–Crippen LogP) is 1.07. The zero-order chi connectivity index (χ0) is 25.9. The van der Waals surface area contributed by atoms with Gasteiger partial charge in [-0.15, -0.1) is 0 Å². The fourth-order valence-corrected chi connectivity index (χ4v) is 5.43. The van der Waals surface area contributed by atoms with E-state index >= 15 is 0 Å². The highest BCUT2D eigenvalue weighted by atomic mass is 16.5. The molecule has 0 saturated carbocycles. The summed E-state index contributed by atoms with van der Waals surface area (Å²) in [7, 11) is 0. The van der Waals surface area contributed by atoms with Crippen LogP contribution in [-0.2, 0) is 28.7 Å². The Morgan fingerprint density at radius 2 is 1.66 bits per heavy atom. The number of carbonyl (C=O) groups excluding carboxylic acids is 5. The van der Waals surface area contributed by atoms with Crippen molar-refractivity contribution in [1.82, 2.24) is 20.0 Å². The number of rotatable bonds is 2. The first kappa shape index (κ1) is 26.9. The van der Waals surface area contributed by atoms with E-state index in [0.29, 0.717) is 38.9 Å². The first-order valence-corrected chi connectivity index (χ1v) is 13.0. The number of amides is 4. The number of fused-ring (bicyclic) bond motifs is 2. The molecular weight excluding hydrogens is 452 g/mol. The van der Waals surface area contributed by atoms with Crippen LogP contribution in [0.4, 0.5) is 0 Å². The van der Waals surface area contributed by atoms with Crippen LogP contribution < -0.4 is 5.32 Å². The average molecular weight is 493 g/mol. The van der Waals surface area contributed by atoms with Crippen molar-refractivity contribution in [3.8, 4) is 0 Å². The van der Waals surface area contributed by atoms with Gasteiger partial charge in [0.15, 0.2) is 0 Å². The number of carbonyl (C=O) groups is 5. The lowest BCUT2D eigenvalue weighted by Crippen LogP contribution is -2.60. The molecule has 3 heterocycles. The Bertz CT molecular complexity index is 848. The van der Waals surface area contributed by atoms with Gasteiger partial charge in [0, 0.05) is 19.6 Å². The van der Waals surface area contributed by atoms with Crippen LogP contribution in [0.1, 0.15) is 73.1 Å². The minimum Gasteiger partial charge on any atom is -0.461 e. The molecule has 10 heteroatoms. The van der Waals surface area contributed by atoms with Gasteiger partial charge < -0.3 is 24.8 Å². The number of ether oxygens (including phenoxy) is 1. The Morgan fingerprint density at radius 1 is 0.943 bits per heavy atom. The third kappa shape index (κ3) is 5.95. The quantitative estimate of drug-likeness (QED) is 0.577. The molecule has 0 aromatic rings. The summed E-state index contributed by atoms with van der Waals surface area (Å²) in [4.78, 5) is 70.7. The molecular formula is C25H40N4O6. The fraction of sp³-hybridized carbons (Fsp3) is 0.800. The third-order valence-electron chi connectivity index (χ3n) is 7.27. The molecule has 3 aliphatic heterocycles. The highest BCUT2D eigenvalue weighted by Gasteiger charge is 2.43. The van der Waals surface area contributed by atoms with Gasteiger partial charge in [0.2, 0.25) is 23.6 Å². The highest BCUT2D eigenvalue weighted by molar-refractivity contribution is 5.95. The zero-order valence-corrected chi connectivity index (χ0v) is 21.6. The van der Waals surface area contributed by atoms with Gasteiger partial charge in [-0.3, -0.25) is 19.2 Å². The molecule has 1 N–H and O–H groups in total. The van der Waals surface area contributed by atoms with E-state index in [2.05, 4.69) is 5.32 Å². The van der Waals surface area contributed by atoms with Crippen LogP contribution in [0.25, 0.3) is 0 Å². The van der Waals surface area contributed by atoms with Crippen LogP contribution in [0.15, 0.2) is 0 Å². The number of esters is 1. The third-order valence-corrected chi connectivity index (χ3v) is 7.27. The lowest BCUT2D eigenvalue weighted by molar-refractivity contribution is -0.161. The molecule has 0 aromatic carbocycles. The van der Waals surface area contributed by atoms with Gasteiger partial charge in [0.05, 0.1) is 6.42 Å². The molecule has 3 fully saturated rings. The minimum atomic E-state index is -0.845. The summed E-state index contributed by atoms with van der Waals surface area (Å²) in [5, 5.41) is 2.79. The molecule has 10 nitrogen and oxygen atoms in total. The zero-order valence-electron chi connectivity index (χ0n) is 21.6. The van der Waals surface area contributed by atoms with E-state index in [0.717, 1.165) is 12.8 Å². The van der Waals surface area contributed by atoms with E-state index in [9.17, 15) is 24.0 Å². The second kappa shape index (κ2) is 11.4. The second-order valence-corrected chi connectivity index (χ2v) is 10.3. The van der Waals surface area contributed by atoms with Gasteiger partial charge in [0.25, 0.3) is 0 Å². The van der Waals surface area contributed by atoms with Gasteiger partial charge in [-0.1, -0.05) is 13.8 Å². The smallest absolute Gasteiger partial charge is 0.329 e. The number of hydrogen-bond donors (Lipinski definition) is 1. The van der Waals surface area contributed by atoms with Crippen molar-refractivity contribution in [3.05, 3.63) is 0 Å². The van der Waals surface area contributed by atoms with E-state index in [1.807, 2.05) is 13.8 Å². The second-order valence-electron chi connectivity index (χ2n) is 10.3. The molecule has 6 atom stereocenters. The van der Waals surface area contributed by atoms with Gasteiger partial charge >= 0.3 is 5.97 Å². The van der Waals surface area contributed by atoms with Crippen LogP contribution in [0, 0.1) is 5.92 Å². The Hall–Kier alpha value is -2.65. The summed E-state index contributed by atoms with van der Waals surface area (Å²) < 4.78 is 5.60. The molecule has 0 aliphatic carbocycles. The van der Waals surface area contributed by atoms with E-state index in [1.54, 1.807) is 25.7 Å². The van der Waals surface area contributed by atoms with E-state index < -0.39 is 36.2 Å². The van der Waals surface area contributed by atoms with E-state index in [1.165, 1.54) is 9.80 Å². The molecule has 35 heavy (non-hydrogen) atoms. The number of piperidine rings is 1. The molecule has 3 rings (SSSR count). The standard InChI is InChI=1S/C25H40N4O6/c1-6-10-27-18(5)24(33)28-11-8-7-9-19(28)22(31)26-17(4)23(32)29-14-15(2)12-20(29)25(34)35-16(3)13-21(27)30/h15-20H,6-14H2,1-5H3,(H,26,31). The maximum atomic E-state index is 13.5. The summed E-state index contributed by atoms with van der Waals surface area (Å²) in [6.07, 6.45) is 2.45. The van der Waals surface area contributed by atoms with Crippen molar-refractivity contribution >= 4 is 29.6 Å². The van der Waals surface area contributed by atoms with Crippen molar-refractivity contribution in [2.45, 2.75) is 103 Å². The Labute approximate surface area is 207 Å². The molecule has 0 bridgehead atoms. The fourth-order valence-electron chi connectivity index (χ4n) is 5.43. The highest BCUT2D eigenvalue weighted by Crippen LogP contribution is 2.26. The molecule has 3 saturated heterocycles. The minimum absolute atomic E-state index is 0.0557. The monoisotopic (exact) mass is 492 g/mol. The number of nitrogens with one attached hydrogen (secondary N) is 1. The summed E-state index contributed by atoms with van der Waals surface area (Å²) in [5.74, 6) is -1.73. The topological polar surface area (TPSA) is 116 Å². The first-order chi connectivity index (χ1) is 16.5. The predicted molar refractivity (Wildman–Crippen MR) is 128 cm³/mol. The van der Waals surface area contributed by atoms with Crippen molar-refractivity contribution in [2.75, 3.05) is 19.6 Å². The van der Waals surface area contributed by atoms with Crippen LogP contribution in [-0.4, -0.2) is 94.2 Å². The summed E-state index contributed by atoms with van der Waals surface area (Å²) in [6.45, 7) is 10.0. The maximum Gasteiger partial charge on any atom is 0.329 e. The lowest BCUT2D eigenvalue weighted by atomic mass is 9.99. The van der Waals surface area contributed by atoms with Gasteiger partial charge in [-0.05, 0) is 58.8 Å². The first-order valence-electron chi connectivity index (χ1n) is 13.0. The molecule has 6 unspecified atom stereocenters. The average Bonchev–Trinajstić information content (AvgIpc) is 3.22. The SMILES string of the molecule is CCCN1C(=O)CC(C)OC(=O)C2CC(C)CN2C(=O)C(C)NC(=O)C2CCCCN2C(=O)C1C. The van der Waals surface area contributed by atoms with Crippen molar-refractivity contribution < 1.29 is 28.7 Å². The van der Waals surface area contributed by atoms with Crippen molar-refractivity contribution in [2.24, 2.45) is 5.92 Å². The number of cyclic esters (lactones) is 1. The molecule has 3 aliphatic rings. The van der Waals surface area contributed by atoms with Crippen LogP contribution in [0.3, 0.4) is 0 Å². The van der Waals surface area contributed by atoms with Gasteiger partial charge in [-0.2, -0.15) is 0 Å². The van der Waals surface area contributed by atoms with E-state index in [-0.39, 0.29) is 36.0 Å².